The van der Waals surface area contributed by atoms with Gasteiger partial charge >= 0.3 is 0 Å². The highest BCUT2D eigenvalue weighted by atomic mass is 14.4. The van der Waals surface area contributed by atoms with Crippen molar-refractivity contribution < 1.29 is 0 Å². The lowest BCUT2D eigenvalue weighted by atomic mass is 9.63. The average molecular weight is 204 g/mol. The summed E-state index contributed by atoms with van der Waals surface area (Å²) in [6.07, 6.45) is 6.74. The van der Waals surface area contributed by atoms with Gasteiger partial charge in [0.2, 0.25) is 0 Å². The van der Waals surface area contributed by atoms with Gasteiger partial charge in [0.25, 0.3) is 0 Å². The third-order valence-electron chi connectivity index (χ3n) is 4.44. The average Bonchev–Trinajstić information content (AvgIpc) is 2.17. The highest BCUT2D eigenvalue weighted by molar-refractivity contribution is 5.25. The fourth-order valence-corrected chi connectivity index (χ4v) is 3.54. The Morgan fingerprint density at radius 3 is 2.53 bits per heavy atom. The van der Waals surface area contributed by atoms with Crippen LogP contribution in [0.5, 0.6) is 0 Å². The summed E-state index contributed by atoms with van der Waals surface area (Å²) in [5.41, 5.74) is 4.88. The monoisotopic (exact) mass is 204 g/mol. The lowest BCUT2D eigenvalue weighted by Gasteiger charge is -2.42. The molecule has 0 amide bonds. The third kappa shape index (κ3) is 2.04. The summed E-state index contributed by atoms with van der Waals surface area (Å²) in [6, 6.07) is 0. The quantitative estimate of drug-likeness (QED) is 0.501. The zero-order chi connectivity index (χ0) is 11.0. The van der Waals surface area contributed by atoms with Crippen molar-refractivity contribution >= 4 is 0 Å². The first-order valence-corrected chi connectivity index (χ1v) is 6.43. The summed E-state index contributed by atoms with van der Waals surface area (Å²) < 4.78 is 0. The normalized spacial score (nSPS) is 36.3. The first-order chi connectivity index (χ1) is 7.09. The summed E-state index contributed by atoms with van der Waals surface area (Å²) in [6.45, 7) is 11.3. The molecule has 0 aliphatic heterocycles. The predicted octanol–water partition coefficient (Wildman–Crippen LogP) is 4.73. The highest BCUT2D eigenvalue weighted by Gasteiger charge is 2.35. The smallest absolute Gasteiger partial charge is 0.0133 e. The second-order valence-electron chi connectivity index (χ2n) is 5.81. The molecule has 0 aromatic carbocycles. The Labute approximate surface area is 94.5 Å². The molecule has 0 aromatic heterocycles. The van der Waals surface area contributed by atoms with Gasteiger partial charge in [0.15, 0.2) is 0 Å². The van der Waals surface area contributed by atoms with Crippen LogP contribution < -0.4 is 0 Å². The van der Waals surface area contributed by atoms with Gasteiger partial charge in [0.05, 0.1) is 0 Å². The minimum Gasteiger partial charge on any atom is -0.0995 e. The molecule has 2 rings (SSSR count). The van der Waals surface area contributed by atoms with Gasteiger partial charge in [-0.3, -0.25) is 0 Å². The topological polar surface area (TPSA) is 0 Å². The molecule has 0 unspecified atom stereocenters. The van der Waals surface area contributed by atoms with E-state index in [2.05, 4.69) is 27.4 Å². The molecule has 0 N–H and O–H groups in total. The van der Waals surface area contributed by atoms with Gasteiger partial charge in [0.1, 0.15) is 0 Å². The first kappa shape index (κ1) is 11.0. The Morgan fingerprint density at radius 2 is 1.87 bits per heavy atom. The molecular formula is C15H24. The number of hydrogen-bond donors (Lipinski definition) is 0. The van der Waals surface area contributed by atoms with Crippen molar-refractivity contribution in [2.45, 2.75) is 52.9 Å². The molecule has 2 aliphatic rings. The molecule has 0 aromatic rings. The van der Waals surface area contributed by atoms with E-state index in [0.29, 0.717) is 0 Å². The summed E-state index contributed by atoms with van der Waals surface area (Å²) in [5.74, 6) is 2.59. The molecule has 0 saturated heterocycles. The van der Waals surface area contributed by atoms with Crippen molar-refractivity contribution in [2.24, 2.45) is 17.8 Å². The summed E-state index contributed by atoms with van der Waals surface area (Å²) in [4.78, 5) is 0. The van der Waals surface area contributed by atoms with E-state index in [1.165, 1.54) is 37.7 Å². The summed E-state index contributed by atoms with van der Waals surface area (Å²) in [5, 5.41) is 0. The Morgan fingerprint density at radius 1 is 1.13 bits per heavy atom. The van der Waals surface area contributed by atoms with E-state index in [-0.39, 0.29) is 0 Å². The van der Waals surface area contributed by atoms with Gasteiger partial charge in [-0.15, -0.1) is 0 Å². The van der Waals surface area contributed by atoms with E-state index in [1.807, 2.05) is 0 Å². The molecule has 2 aliphatic carbocycles. The van der Waals surface area contributed by atoms with Crippen molar-refractivity contribution in [3.63, 3.8) is 0 Å². The Balaban J connectivity index is 2.26. The molecule has 0 heteroatoms. The van der Waals surface area contributed by atoms with E-state index in [4.69, 9.17) is 0 Å². The van der Waals surface area contributed by atoms with Crippen molar-refractivity contribution in [1.82, 2.24) is 0 Å². The van der Waals surface area contributed by atoms with Gasteiger partial charge in [-0.05, 0) is 57.3 Å². The molecule has 15 heavy (non-hydrogen) atoms. The van der Waals surface area contributed by atoms with Crippen molar-refractivity contribution in [2.75, 3.05) is 0 Å². The van der Waals surface area contributed by atoms with Crippen molar-refractivity contribution in [1.29, 1.82) is 0 Å². The van der Waals surface area contributed by atoms with E-state index in [0.717, 1.165) is 17.8 Å². The fraction of sp³-hybridized carbons (Fsp3) is 0.733. The van der Waals surface area contributed by atoms with Crippen LogP contribution in [0, 0.1) is 17.8 Å². The minimum atomic E-state index is 0.819. The molecule has 2 saturated carbocycles. The standard InChI is InChI=1S/C15H24/c1-10(2)13-8-6-12(4)14-7-5-11(3)9-15(13)14/h11,14-15H,4-9H2,1-3H3/t11-,14+,15-/m0/s1. The number of fused-ring (bicyclic) bond motifs is 1. The minimum absolute atomic E-state index is 0.819. The highest BCUT2D eigenvalue weighted by Crippen LogP contribution is 2.48. The van der Waals surface area contributed by atoms with Crippen LogP contribution in [0.1, 0.15) is 52.9 Å². The molecule has 0 bridgehead atoms. The molecule has 2 fully saturated rings. The number of allylic oxidation sites excluding steroid dienone is 3. The molecule has 0 spiro atoms. The number of hydrogen-bond acceptors (Lipinski definition) is 0. The maximum absolute atomic E-state index is 4.29. The van der Waals surface area contributed by atoms with E-state index >= 15 is 0 Å². The van der Waals surface area contributed by atoms with Crippen LogP contribution in [0.25, 0.3) is 0 Å². The molecule has 3 atom stereocenters. The van der Waals surface area contributed by atoms with Crippen LogP contribution in [0.3, 0.4) is 0 Å². The molecular weight excluding hydrogens is 180 g/mol. The largest absolute Gasteiger partial charge is 0.0995 e. The first-order valence-electron chi connectivity index (χ1n) is 6.43. The third-order valence-corrected chi connectivity index (χ3v) is 4.44. The Hall–Kier alpha value is -0.520. The second kappa shape index (κ2) is 4.15. The SMILES string of the molecule is C=C1CCC(=C(C)C)[C@@H]2C[C@@H](C)CC[C@H]12. The molecule has 84 valence electrons. The van der Waals surface area contributed by atoms with Crippen LogP contribution in [0.15, 0.2) is 23.3 Å². The molecule has 0 radical (unpaired) electrons. The van der Waals surface area contributed by atoms with Gasteiger partial charge in [-0.2, -0.15) is 0 Å². The van der Waals surface area contributed by atoms with Crippen LogP contribution in [-0.4, -0.2) is 0 Å². The summed E-state index contributed by atoms with van der Waals surface area (Å²) >= 11 is 0. The lowest BCUT2D eigenvalue weighted by molar-refractivity contribution is 0.224. The van der Waals surface area contributed by atoms with Gasteiger partial charge in [-0.1, -0.05) is 36.6 Å². The van der Waals surface area contributed by atoms with Crippen molar-refractivity contribution in [3.8, 4) is 0 Å². The summed E-state index contributed by atoms with van der Waals surface area (Å²) in [7, 11) is 0. The Bertz CT molecular complexity index is 291. The molecule has 0 heterocycles. The van der Waals surface area contributed by atoms with E-state index in [9.17, 15) is 0 Å². The zero-order valence-electron chi connectivity index (χ0n) is 10.5. The Kier molecular flexibility index (Phi) is 3.04. The van der Waals surface area contributed by atoms with Crippen LogP contribution in [0.2, 0.25) is 0 Å². The van der Waals surface area contributed by atoms with Gasteiger partial charge < -0.3 is 0 Å². The lowest BCUT2D eigenvalue weighted by Crippen LogP contribution is -2.30. The maximum atomic E-state index is 4.29. The van der Waals surface area contributed by atoms with Crippen LogP contribution >= 0.6 is 0 Å². The second-order valence-corrected chi connectivity index (χ2v) is 5.81. The van der Waals surface area contributed by atoms with Gasteiger partial charge in [-0.25, -0.2) is 0 Å². The van der Waals surface area contributed by atoms with Gasteiger partial charge in [0, 0.05) is 0 Å². The number of rotatable bonds is 0. The fourth-order valence-electron chi connectivity index (χ4n) is 3.54. The zero-order valence-corrected chi connectivity index (χ0v) is 10.5. The van der Waals surface area contributed by atoms with Crippen molar-refractivity contribution in [3.05, 3.63) is 23.3 Å². The maximum Gasteiger partial charge on any atom is -0.0133 e. The molecule has 0 nitrogen and oxygen atoms in total. The van der Waals surface area contributed by atoms with E-state index < -0.39 is 0 Å². The van der Waals surface area contributed by atoms with Crippen LogP contribution in [0.4, 0.5) is 0 Å². The van der Waals surface area contributed by atoms with Crippen LogP contribution in [-0.2, 0) is 0 Å². The predicted molar refractivity (Wildman–Crippen MR) is 66.7 cm³/mol. The van der Waals surface area contributed by atoms with E-state index in [1.54, 1.807) is 11.1 Å².